The zero-order chi connectivity index (χ0) is 15.4. The number of ether oxygens (including phenoxy) is 1. The van der Waals surface area contributed by atoms with Crippen LogP contribution in [0.4, 0.5) is 0 Å². The normalized spacial score (nSPS) is 14.0. The fraction of sp³-hybridized carbons (Fsp3) is 0.375. The van der Waals surface area contributed by atoms with E-state index in [9.17, 15) is 4.79 Å². The maximum absolute atomic E-state index is 12.0. The van der Waals surface area contributed by atoms with Gasteiger partial charge in [0.2, 0.25) is 0 Å². The molecule has 0 bridgehead atoms. The molecule has 0 unspecified atom stereocenters. The Labute approximate surface area is 138 Å². The molecule has 0 aliphatic heterocycles. The molecule has 1 aromatic carbocycles. The first-order valence-corrected chi connectivity index (χ1v) is 8.55. The van der Waals surface area contributed by atoms with E-state index in [1.165, 1.54) is 24.2 Å². The molecule has 1 amide bonds. The van der Waals surface area contributed by atoms with Crippen LogP contribution in [0, 0.1) is 5.92 Å². The summed E-state index contributed by atoms with van der Waals surface area (Å²) in [5, 5.41) is 6.03. The molecule has 0 atom stereocenters. The highest BCUT2D eigenvalue weighted by Gasteiger charge is 2.21. The van der Waals surface area contributed by atoms with Crippen molar-refractivity contribution >= 4 is 28.8 Å². The number of rotatable bonds is 7. The SMILES string of the molecule is O=C(NCCOCC1CC1)c1csc(-c2cccc(Cl)c2)n1. The monoisotopic (exact) mass is 336 g/mol. The van der Waals surface area contributed by atoms with E-state index in [2.05, 4.69) is 10.3 Å². The van der Waals surface area contributed by atoms with Gasteiger partial charge in [-0.25, -0.2) is 4.98 Å². The number of hydrogen-bond donors (Lipinski definition) is 1. The van der Waals surface area contributed by atoms with E-state index in [4.69, 9.17) is 16.3 Å². The van der Waals surface area contributed by atoms with Gasteiger partial charge in [-0.3, -0.25) is 4.79 Å². The molecule has 116 valence electrons. The van der Waals surface area contributed by atoms with E-state index in [1.807, 2.05) is 24.3 Å². The Kier molecular flexibility index (Phi) is 5.08. The van der Waals surface area contributed by atoms with E-state index in [0.717, 1.165) is 23.1 Å². The highest BCUT2D eigenvalue weighted by atomic mass is 35.5. The van der Waals surface area contributed by atoms with Crippen molar-refractivity contribution in [1.29, 1.82) is 0 Å². The number of aromatic nitrogens is 1. The number of nitrogens with zero attached hydrogens (tertiary/aromatic N) is 1. The van der Waals surface area contributed by atoms with Crippen LogP contribution >= 0.6 is 22.9 Å². The molecular weight excluding hydrogens is 320 g/mol. The Morgan fingerprint density at radius 3 is 3.09 bits per heavy atom. The van der Waals surface area contributed by atoms with Crippen molar-refractivity contribution in [1.82, 2.24) is 10.3 Å². The minimum Gasteiger partial charge on any atom is -0.379 e. The van der Waals surface area contributed by atoms with Crippen LogP contribution in [0.25, 0.3) is 10.6 Å². The molecule has 6 heteroatoms. The molecule has 2 aromatic rings. The Bertz CT molecular complexity index is 655. The lowest BCUT2D eigenvalue weighted by atomic mass is 10.2. The van der Waals surface area contributed by atoms with E-state index >= 15 is 0 Å². The van der Waals surface area contributed by atoms with Gasteiger partial charge in [0.1, 0.15) is 10.7 Å². The van der Waals surface area contributed by atoms with Gasteiger partial charge in [0.15, 0.2) is 0 Å². The van der Waals surface area contributed by atoms with Crippen LogP contribution in [0.5, 0.6) is 0 Å². The lowest BCUT2D eigenvalue weighted by molar-refractivity contribution is 0.0902. The smallest absolute Gasteiger partial charge is 0.270 e. The van der Waals surface area contributed by atoms with Gasteiger partial charge in [-0.1, -0.05) is 23.7 Å². The average molecular weight is 337 g/mol. The molecule has 1 heterocycles. The van der Waals surface area contributed by atoms with Crippen molar-refractivity contribution in [2.45, 2.75) is 12.8 Å². The minimum atomic E-state index is -0.167. The summed E-state index contributed by atoms with van der Waals surface area (Å²) in [5.41, 5.74) is 1.35. The van der Waals surface area contributed by atoms with Crippen molar-refractivity contribution in [3.8, 4) is 10.6 Å². The molecule has 1 fully saturated rings. The van der Waals surface area contributed by atoms with Crippen LogP contribution in [0.1, 0.15) is 23.3 Å². The average Bonchev–Trinajstić information content (AvgIpc) is 3.20. The zero-order valence-corrected chi connectivity index (χ0v) is 13.6. The summed E-state index contributed by atoms with van der Waals surface area (Å²) >= 11 is 7.41. The van der Waals surface area contributed by atoms with E-state index in [0.29, 0.717) is 23.9 Å². The second-order valence-electron chi connectivity index (χ2n) is 5.32. The third kappa shape index (κ3) is 4.29. The first-order chi connectivity index (χ1) is 10.7. The minimum absolute atomic E-state index is 0.167. The maximum atomic E-state index is 12.0. The second kappa shape index (κ2) is 7.22. The van der Waals surface area contributed by atoms with Gasteiger partial charge >= 0.3 is 0 Å². The first-order valence-electron chi connectivity index (χ1n) is 7.30. The quantitative estimate of drug-likeness (QED) is 0.786. The van der Waals surface area contributed by atoms with Gasteiger partial charge < -0.3 is 10.1 Å². The van der Waals surface area contributed by atoms with Crippen LogP contribution < -0.4 is 5.32 Å². The van der Waals surface area contributed by atoms with Crippen molar-refractivity contribution in [2.75, 3.05) is 19.8 Å². The molecule has 1 N–H and O–H groups in total. The molecular formula is C16H17ClN2O2S. The summed E-state index contributed by atoms with van der Waals surface area (Å²) < 4.78 is 5.48. The second-order valence-corrected chi connectivity index (χ2v) is 6.62. The number of thiazole rings is 1. The third-order valence-electron chi connectivity index (χ3n) is 3.39. The molecule has 1 saturated carbocycles. The number of carbonyl (C=O) groups is 1. The number of hydrogen-bond acceptors (Lipinski definition) is 4. The summed E-state index contributed by atoms with van der Waals surface area (Å²) in [4.78, 5) is 16.4. The Balaban J connectivity index is 1.50. The Hall–Kier alpha value is -1.43. The summed E-state index contributed by atoms with van der Waals surface area (Å²) in [5.74, 6) is 0.578. The number of halogens is 1. The highest BCUT2D eigenvalue weighted by Crippen LogP contribution is 2.28. The fourth-order valence-corrected chi connectivity index (χ4v) is 2.98. The van der Waals surface area contributed by atoms with Crippen LogP contribution in [-0.2, 0) is 4.74 Å². The molecule has 4 nitrogen and oxygen atoms in total. The maximum Gasteiger partial charge on any atom is 0.270 e. The van der Waals surface area contributed by atoms with E-state index < -0.39 is 0 Å². The number of nitrogens with one attached hydrogen (secondary N) is 1. The van der Waals surface area contributed by atoms with Gasteiger partial charge in [0, 0.05) is 29.1 Å². The van der Waals surface area contributed by atoms with Crippen LogP contribution in [0.3, 0.4) is 0 Å². The fourth-order valence-electron chi connectivity index (χ4n) is 1.99. The van der Waals surface area contributed by atoms with E-state index in [-0.39, 0.29) is 5.91 Å². The Morgan fingerprint density at radius 2 is 2.32 bits per heavy atom. The van der Waals surface area contributed by atoms with Crippen LogP contribution in [-0.4, -0.2) is 30.6 Å². The van der Waals surface area contributed by atoms with Gasteiger partial charge in [0.25, 0.3) is 5.91 Å². The first kappa shape index (κ1) is 15.5. The molecule has 22 heavy (non-hydrogen) atoms. The summed E-state index contributed by atoms with van der Waals surface area (Å²) in [6, 6.07) is 7.45. The highest BCUT2D eigenvalue weighted by molar-refractivity contribution is 7.13. The Morgan fingerprint density at radius 1 is 1.45 bits per heavy atom. The third-order valence-corrected chi connectivity index (χ3v) is 4.52. The number of benzene rings is 1. The number of amides is 1. The lowest BCUT2D eigenvalue weighted by Crippen LogP contribution is -2.27. The van der Waals surface area contributed by atoms with Crippen LogP contribution in [0.15, 0.2) is 29.6 Å². The topological polar surface area (TPSA) is 51.2 Å². The molecule has 0 spiro atoms. The predicted octanol–water partition coefficient (Wildman–Crippen LogP) is 3.62. The van der Waals surface area contributed by atoms with Crippen molar-refractivity contribution < 1.29 is 9.53 Å². The van der Waals surface area contributed by atoms with Gasteiger partial charge in [-0.15, -0.1) is 11.3 Å². The molecule has 0 saturated heterocycles. The molecule has 1 aliphatic carbocycles. The summed E-state index contributed by atoms with van der Waals surface area (Å²) in [7, 11) is 0. The molecule has 3 rings (SSSR count). The van der Waals surface area contributed by atoms with Crippen molar-refractivity contribution in [3.63, 3.8) is 0 Å². The summed E-state index contributed by atoms with van der Waals surface area (Å²) in [6.45, 7) is 1.87. The molecule has 1 aromatic heterocycles. The van der Waals surface area contributed by atoms with Crippen molar-refractivity contribution in [3.05, 3.63) is 40.4 Å². The van der Waals surface area contributed by atoms with Gasteiger partial charge in [-0.2, -0.15) is 0 Å². The van der Waals surface area contributed by atoms with Crippen molar-refractivity contribution in [2.24, 2.45) is 5.92 Å². The summed E-state index contributed by atoms with van der Waals surface area (Å²) in [6.07, 6.45) is 2.55. The van der Waals surface area contributed by atoms with Gasteiger partial charge in [-0.05, 0) is 30.9 Å². The van der Waals surface area contributed by atoms with Crippen LogP contribution in [0.2, 0.25) is 5.02 Å². The van der Waals surface area contributed by atoms with Gasteiger partial charge in [0.05, 0.1) is 6.61 Å². The number of carbonyl (C=O) groups excluding carboxylic acids is 1. The zero-order valence-electron chi connectivity index (χ0n) is 12.0. The molecule has 0 radical (unpaired) electrons. The predicted molar refractivity (Wildman–Crippen MR) is 88.4 cm³/mol. The largest absolute Gasteiger partial charge is 0.379 e. The molecule has 1 aliphatic rings. The lowest BCUT2D eigenvalue weighted by Gasteiger charge is -2.04. The standard InChI is InChI=1S/C16H17ClN2O2S/c17-13-3-1-2-12(8-13)16-19-14(10-22-16)15(20)18-6-7-21-9-11-4-5-11/h1-3,8,10-11H,4-7,9H2,(H,18,20). The van der Waals surface area contributed by atoms with E-state index in [1.54, 1.807) is 5.38 Å².